The summed E-state index contributed by atoms with van der Waals surface area (Å²) < 4.78 is 22.9. The number of benzene rings is 1. The Hall–Kier alpha value is -2.21. The molecule has 0 aliphatic heterocycles. The number of rotatable bonds is 6. The van der Waals surface area contributed by atoms with Crippen LogP contribution in [0, 0.1) is 5.82 Å². The van der Waals surface area contributed by atoms with E-state index in [0.717, 1.165) is 0 Å². The summed E-state index contributed by atoms with van der Waals surface area (Å²) in [6.45, 7) is 0.294. The van der Waals surface area contributed by atoms with Crippen LogP contribution in [0.3, 0.4) is 0 Å². The van der Waals surface area contributed by atoms with Crippen LogP contribution in [-0.4, -0.2) is 32.5 Å². The van der Waals surface area contributed by atoms with E-state index in [0.29, 0.717) is 11.3 Å². The lowest BCUT2D eigenvalue weighted by Crippen LogP contribution is -2.16. The molecule has 0 aliphatic rings. The third-order valence-corrected chi connectivity index (χ3v) is 2.45. The van der Waals surface area contributed by atoms with Crippen molar-refractivity contribution in [2.45, 2.75) is 6.54 Å². The largest absolute Gasteiger partial charge is 0.464 e. The van der Waals surface area contributed by atoms with Gasteiger partial charge in [0.05, 0.1) is 26.0 Å². The molecule has 20 heavy (non-hydrogen) atoms. The molecule has 0 amide bonds. The first kappa shape index (κ1) is 15.8. The van der Waals surface area contributed by atoms with E-state index in [-0.39, 0.29) is 24.7 Å². The molecule has 108 valence electrons. The summed E-state index contributed by atoms with van der Waals surface area (Å²) in [7, 11) is 2.72. The van der Waals surface area contributed by atoms with Gasteiger partial charge in [-0.3, -0.25) is 4.99 Å². The van der Waals surface area contributed by atoms with E-state index in [1.807, 2.05) is 0 Å². The number of nitrogens with two attached hydrogens (primary N) is 1. The zero-order chi connectivity index (χ0) is 15.0. The van der Waals surface area contributed by atoms with Gasteiger partial charge in [0.15, 0.2) is 0 Å². The van der Waals surface area contributed by atoms with E-state index in [1.54, 1.807) is 18.2 Å². The van der Waals surface area contributed by atoms with Crippen molar-refractivity contribution in [3.05, 3.63) is 47.4 Å². The Balaban J connectivity index is 2.88. The fraction of sp³-hybridized carbons (Fsp3) is 0.286. The molecule has 0 atom stereocenters. The second-order valence-corrected chi connectivity index (χ2v) is 3.92. The number of aliphatic imine (C=N–C) groups is 1. The van der Waals surface area contributed by atoms with Crippen molar-refractivity contribution >= 4 is 11.7 Å². The average molecular weight is 280 g/mol. The van der Waals surface area contributed by atoms with Gasteiger partial charge in [-0.05, 0) is 12.1 Å². The number of nitrogens with zero attached hydrogens (tertiary/aromatic N) is 1. The van der Waals surface area contributed by atoms with Crippen molar-refractivity contribution in [2.75, 3.05) is 20.8 Å². The first-order valence-corrected chi connectivity index (χ1v) is 5.89. The summed E-state index contributed by atoms with van der Waals surface area (Å²) in [6, 6.07) is 6.33. The van der Waals surface area contributed by atoms with Crippen molar-refractivity contribution < 1.29 is 18.7 Å². The Morgan fingerprint density at radius 3 is 2.70 bits per heavy atom. The molecule has 0 radical (unpaired) electrons. The van der Waals surface area contributed by atoms with Crippen LogP contribution in [0.25, 0.3) is 0 Å². The van der Waals surface area contributed by atoms with Crippen LogP contribution < -0.4 is 5.73 Å². The van der Waals surface area contributed by atoms with Gasteiger partial charge in [0.1, 0.15) is 11.5 Å². The van der Waals surface area contributed by atoms with E-state index in [2.05, 4.69) is 9.73 Å². The predicted molar refractivity (Wildman–Crippen MR) is 73.7 cm³/mol. The molecule has 0 saturated carbocycles. The molecule has 1 aromatic rings. The van der Waals surface area contributed by atoms with Gasteiger partial charge in [-0.1, -0.05) is 18.2 Å². The minimum Gasteiger partial charge on any atom is -0.464 e. The zero-order valence-corrected chi connectivity index (χ0v) is 11.4. The minimum atomic E-state index is -0.653. The number of carbonyl (C=O) groups is 1. The van der Waals surface area contributed by atoms with Crippen molar-refractivity contribution in [3.8, 4) is 0 Å². The van der Waals surface area contributed by atoms with Gasteiger partial charge in [-0.2, -0.15) is 0 Å². The molecule has 2 N–H and O–H groups in total. The second-order valence-electron chi connectivity index (χ2n) is 3.92. The van der Waals surface area contributed by atoms with Crippen molar-refractivity contribution in [2.24, 2.45) is 10.7 Å². The lowest BCUT2D eigenvalue weighted by Gasteiger charge is -2.04. The molecule has 1 aromatic carbocycles. The molecule has 6 heteroatoms. The van der Waals surface area contributed by atoms with Gasteiger partial charge in [0.25, 0.3) is 0 Å². The molecule has 0 bridgehead atoms. The average Bonchev–Trinajstić information content (AvgIpc) is 2.45. The molecule has 0 saturated heterocycles. The van der Waals surface area contributed by atoms with Crippen LogP contribution in [0.2, 0.25) is 0 Å². The first-order chi connectivity index (χ1) is 9.58. The SMILES string of the molecule is COCC(C=C(N)C(=O)OC)=NCc1ccccc1F. The molecule has 0 aliphatic carbocycles. The maximum atomic E-state index is 13.5. The molecule has 1 rings (SSSR count). The van der Waals surface area contributed by atoms with Crippen LogP contribution in [0.15, 0.2) is 41.0 Å². The number of hydrogen-bond acceptors (Lipinski definition) is 5. The van der Waals surface area contributed by atoms with E-state index in [9.17, 15) is 9.18 Å². The highest BCUT2D eigenvalue weighted by Crippen LogP contribution is 2.08. The number of ether oxygens (including phenoxy) is 2. The van der Waals surface area contributed by atoms with Gasteiger partial charge in [-0.25, -0.2) is 9.18 Å². The lowest BCUT2D eigenvalue weighted by molar-refractivity contribution is -0.136. The van der Waals surface area contributed by atoms with E-state index in [1.165, 1.54) is 26.4 Å². The first-order valence-electron chi connectivity index (χ1n) is 5.89. The Morgan fingerprint density at radius 2 is 2.10 bits per heavy atom. The van der Waals surface area contributed by atoms with Gasteiger partial charge >= 0.3 is 5.97 Å². The molecule has 0 spiro atoms. The standard InChI is InChI=1S/C14H17FN2O3/c1-19-9-11(7-13(16)14(18)20-2)17-8-10-5-3-4-6-12(10)15/h3-7H,8-9,16H2,1-2H3. The topological polar surface area (TPSA) is 73.9 Å². The monoisotopic (exact) mass is 280 g/mol. The summed E-state index contributed by atoms with van der Waals surface area (Å²) in [5.41, 5.74) is 6.33. The summed E-state index contributed by atoms with van der Waals surface area (Å²) in [6.07, 6.45) is 1.36. The summed E-state index contributed by atoms with van der Waals surface area (Å²) in [5.74, 6) is -0.988. The van der Waals surface area contributed by atoms with Crippen LogP contribution in [0.5, 0.6) is 0 Å². The highest BCUT2D eigenvalue weighted by Gasteiger charge is 2.07. The molecule has 0 fully saturated rings. The van der Waals surface area contributed by atoms with E-state index >= 15 is 0 Å². The molecule has 0 aromatic heterocycles. The number of methoxy groups -OCH3 is 2. The maximum absolute atomic E-state index is 13.5. The van der Waals surface area contributed by atoms with E-state index < -0.39 is 5.97 Å². The minimum absolute atomic E-state index is 0.0863. The summed E-state index contributed by atoms with van der Waals surface area (Å²) in [4.78, 5) is 15.4. The molecular weight excluding hydrogens is 263 g/mol. The fourth-order valence-electron chi connectivity index (χ4n) is 1.45. The second kappa shape index (κ2) is 8.06. The maximum Gasteiger partial charge on any atom is 0.353 e. The molecule has 5 nitrogen and oxygen atoms in total. The molecule has 0 unspecified atom stereocenters. The van der Waals surface area contributed by atoms with Gasteiger partial charge in [-0.15, -0.1) is 0 Å². The molecular formula is C14H17FN2O3. The van der Waals surface area contributed by atoms with Crippen molar-refractivity contribution in [1.29, 1.82) is 0 Å². The highest BCUT2D eigenvalue weighted by molar-refractivity contribution is 6.02. The van der Waals surface area contributed by atoms with Crippen molar-refractivity contribution in [1.82, 2.24) is 0 Å². The number of hydrogen-bond donors (Lipinski definition) is 1. The zero-order valence-electron chi connectivity index (χ0n) is 11.4. The number of carbonyl (C=O) groups excluding carboxylic acids is 1. The van der Waals surface area contributed by atoms with Crippen molar-refractivity contribution in [3.63, 3.8) is 0 Å². The number of esters is 1. The smallest absolute Gasteiger partial charge is 0.353 e. The van der Waals surface area contributed by atoms with Gasteiger partial charge in [0.2, 0.25) is 0 Å². The lowest BCUT2D eigenvalue weighted by atomic mass is 10.2. The van der Waals surface area contributed by atoms with Crippen LogP contribution >= 0.6 is 0 Å². The van der Waals surface area contributed by atoms with Gasteiger partial charge < -0.3 is 15.2 Å². The van der Waals surface area contributed by atoms with E-state index in [4.69, 9.17) is 10.5 Å². The van der Waals surface area contributed by atoms with Gasteiger partial charge in [0, 0.05) is 12.7 Å². The number of halogens is 1. The Morgan fingerprint density at radius 1 is 1.40 bits per heavy atom. The third-order valence-electron chi connectivity index (χ3n) is 2.45. The Kier molecular flexibility index (Phi) is 6.39. The molecule has 0 heterocycles. The summed E-state index contributed by atoms with van der Waals surface area (Å²) in [5, 5.41) is 0. The Labute approximate surface area is 116 Å². The fourth-order valence-corrected chi connectivity index (χ4v) is 1.45. The highest BCUT2D eigenvalue weighted by atomic mass is 19.1. The Bertz CT molecular complexity index is 527. The van der Waals surface area contributed by atoms with Crippen LogP contribution in [0.4, 0.5) is 4.39 Å². The van der Waals surface area contributed by atoms with Crippen LogP contribution in [0.1, 0.15) is 5.56 Å². The van der Waals surface area contributed by atoms with Crippen LogP contribution in [-0.2, 0) is 20.8 Å². The summed E-state index contributed by atoms with van der Waals surface area (Å²) >= 11 is 0. The normalized spacial score (nSPS) is 12.3. The quantitative estimate of drug-likeness (QED) is 0.486. The third kappa shape index (κ3) is 4.81. The predicted octanol–water partition coefficient (Wildman–Crippen LogP) is 1.43.